The summed E-state index contributed by atoms with van der Waals surface area (Å²) in [5.41, 5.74) is 1.33. The van der Waals surface area contributed by atoms with E-state index in [4.69, 9.17) is 0 Å². The van der Waals surface area contributed by atoms with Crippen LogP contribution in [0.5, 0.6) is 0 Å². The zero-order valence-electron chi connectivity index (χ0n) is 21.6. The lowest BCUT2D eigenvalue weighted by atomic mass is 9.97. The minimum Gasteiger partial charge on any atom is -0.378 e. The van der Waals surface area contributed by atoms with Crippen LogP contribution in [0.2, 0.25) is 0 Å². The Bertz CT molecular complexity index is 1160. The molecule has 0 radical (unpaired) electrons. The van der Waals surface area contributed by atoms with Gasteiger partial charge in [0.05, 0.1) is 23.8 Å². The van der Waals surface area contributed by atoms with E-state index in [0.29, 0.717) is 31.5 Å². The van der Waals surface area contributed by atoms with Crippen molar-refractivity contribution in [1.82, 2.24) is 26.3 Å². The predicted octanol–water partition coefficient (Wildman–Crippen LogP) is 1.90. The molecule has 2 heterocycles. The van der Waals surface area contributed by atoms with Crippen molar-refractivity contribution >= 4 is 24.0 Å². The van der Waals surface area contributed by atoms with E-state index in [1.165, 1.54) is 6.20 Å². The zero-order valence-corrected chi connectivity index (χ0v) is 21.6. The fraction of sp³-hybridized carbons (Fsp3) is 0.393. The third-order valence-corrected chi connectivity index (χ3v) is 6.46. The van der Waals surface area contributed by atoms with Gasteiger partial charge in [0.2, 0.25) is 11.8 Å². The number of nitrogens with one attached hydrogen (secondary N) is 4. The molecule has 202 valence electrons. The van der Waals surface area contributed by atoms with Gasteiger partial charge in [-0.25, -0.2) is 4.39 Å². The van der Waals surface area contributed by atoms with Gasteiger partial charge in [-0.15, -0.1) is 0 Å². The maximum Gasteiger partial charge on any atom is 0.253 e. The molecule has 0 bridgehead atoms. The Morgan fingerprint density at radius 1 is 1.18 bits per heavy atom. The molecule has 0 aliphatic carbocycles. The first-order valence-corrected chi connectivity index (χ1v) is 12.6. The average Bonchev–Trinajstić information content (AvgIpc) is 3.30. The summed E-state index contributed by atoms with van der Waals surface area (Å²) < 4.78 is 13.5. The molecule has 1 unspecified atom stereocenters. The Labute approximate surface area is 221 Å². The van der Waals surface area contributed by atoms with E-state index in [9.17, 15) is 23.6 Å². The highest BCUT2D eigenvalue weighted by Gasteiger charge is 2.30. The number of halogens is 1. The molecule has 3 rings (SSSR count). The molecule has 1 aromatic heterocycles. The summed E-state index contributed by atoms with van der Waals surface area (Å²) in [4.78, 5) is 53.6. The minimum absolute atomic E-state index is 0.000126. The molecule has 1 aliphatic rings. The van der Waals surface area contributed by atoms with Crippen molar-refractivity contribution in [3.05, 3.63) is 78.0 Å². The second-order valence-electron chi connectivity index (χ2n) is 9.76. The summed E-state index contributed by atoms with van der Waals surface area (Å²) >= 11 is 0. The van der Waals surface area contributed by atoms with E-state index in [1.807, 2.05) is 30.3 Å². The molecule has 4 atom stereocenters. The highest BCUT2D eigenvalue weighted by Crippen LogP contribution is 2.17. The fourth-order valence-electron chi connectivity index (χ4n) is 4.33. The van der Waals surface area contributed by atoms with E-state index in [1.54, 1.807) is 13.8 Å². The highest BCUT2D eigenvalue weighted by atomic mass is 19.1. The predicted molar refractivity (Wildman–Crippen MR) is 140 cm³/mol. The lowest BCUT2D eigenvalue weighted by Crippen LogP contribution is -2.54. The number of carbonyl (C=O) groups is 4. The molecular formula is C28H34FN5O4. The van der Waals surface area contributed by atoms with Crippen LogP contribution in [0, 0.1) is 17.7 Å². The Hall–Kier alpha value is -4.08. The molecule has 2 aromatic rings. The third kappa shape index (κ3) is 7.96. The van der Waals surface area contributed by atoms with Crippen LogP contribution >= 0.6 is 0 Å². The van der Waals surface area contributed by atoms with Gasteiger partial charge >= 0.3 is 0 Å². The van der Waals surface area contributed by atoms with Gasteiger partial charge in [0.1, 0.15) is 18.1 Å². The third-order valence-electron chi connectivity index (χ3n) is 6.46. The fourth-order valence-corrected chi connectivity index (χ4v) is 4.33. The van der Waals surface area contributed by atoms with Gasteiger partial charge in [0, 0.05) is 24.4 Å². The topological polar surface area (TPSA) is 129 Å². The summed E-state index contributed by atoms with van der Waals surface area (Å²) in [5.74, 6) is -2.39. The van der Waals surface area contributed by atoms with Crippen LogP contribution in [0.3, 0.4) is 0 Å². The highest BCUT2D eigenvalue weighted by molar-refractivity contribution is 5.97. The second kappa shape index (κ2) is 13.5. The lowest BCUT2D eigenvalue weighted by molar-refractivity contribution is -0.124. The molecule has 1 fully saturated rings. The molecular weight excluding hydrogens is 489 g/mol. The van der Waals surface area contributed by atoms with E-state index >= 15 is 0 Å². The van der Waals surface area contributed by atoms with Gasteiger partial charge in [0.25, 0.3) is 5.91 Å². The first kappa shape index (κ1) is 28.5. The number of rotatable bonds is 13. The van der Waals surface area contributed by atoms with Crippen LogP contribution in [-0.2, 0) is 20.8 Å². The minimum atomic E-state index is -0.930. The maximum absolute atomic E-state index is 13.5. The Balaban J connectivity index is 1.74. The molecule has 0 saturated carbocycles. The summed E-state index contributed by atoms with van der Waals surface area (Å²) in [7, 11) is 0. The maximum atomic E-state index is 13.5. The molecule has 4 N–H and O–H groups in total. The number of hydrogen-bond donors (Lipinski definition) is 4. The van der Waals surface area contributed by atoms with Crippen LogP contribution in [0.25, 0.3) is 0 Å². The van der Waals surface area contributed by atoms with Gasteiger partial charge in [-0.05, 0) is 36.8 Å². The molecule has 0 spiro atoms. The van der Waals surface area contributed by atoms with E-state index < -0.39 is 35.8 Å². The van der Waals surface area contributed by atoms with Gasteiger partial charge in [-0.3, -0.25) is 19.4 Å². The number of benzene rings is 1. The lowest BCUT2D eigenvalue weighted by Gasteiger charge is -2.29. The molecule has 1 saturated heterocycles. The van der Waals surface area contributed by atoms with E-state index in [-0.39, 0.29) is 23.3 Å². The molecule has 9 nitrogen and oxygen atoms in total. The quantitative estimate of drug-likeness (QED) is 0.297. The number of aromatic nitrogens is 1. The number of aldehydes is 1. The second-order valence-corrected chi connectivity index (χ2v) is 9.76. The number of amides is 3. The summed E-state index contributed by atoms with van der Waals surface area (Å²) in [6, 6.07) is 8.28. The van der Waals surface area contributed by atoms with Crippen molar-refractivity contribution in [2.45, 2.75) is 51.2 Å². The van der Waals surface area contributed by atoms with Crippen LogP contribution in [-0.4, -0.2) is 53.7 Å². The van der Waals surface area contributed by atoms with E-state index in [2.05, 4.69) is 32.8 Å². The summed E-state index contributed by atoms with van der Waals surface area (Å²) in [6.07, 6.45) is 4.29. The molecule has 1 aliphatic heterocycles. The van der Waals surface area contributed by atoms with Crippen molar-refractivity contribution < 1.29 is 23.6 Å². The molecule has 3 amide bonds. The molecule has 1 aromatic carbocycles. The zero-order chi connectivity index (χ0) is 27.7. The van der Waals surface area contributed by atoms with Gasteiger partial charge in [-0.2, -0.15) is 0 Å². The largest absolute Gasteiger partial charge is 0.378 e. The summed E-state index contributed by atoms with van der Waals surface area (Å²) in [5, 5.41) is 11.5. The smallest absolute Gasteiger partial charge is 0.253 e. The monoisotopic (exact) mass is 523 g/mol. The van der Waals surface area contributed by atoms with Crippen molar-refractivity contribution in [3.8, 4) is 0 Å². The number of nitrogens with zero attached hydrogens (tertiary/aromatic N) is 1. The van der Waals surface area contributed by atoms with Gasteiger partial charge in [0.15, 0.2) is 0 Å². The van der Waals surface area contributed by atoms with Gasteiger partial charge < -0.3 is 26.1 Å². The summed E-state index contributed by atoms with van der Waals surface area (Å²) in [6.45, 7) is 8.23. The Kier molecular flexibility index (Phi) is 10.1. The first-order valence-electron chi connectivity index (χ1n) is 12.6. The van der Waals surface area contributed by atoms with Crippen molar-refractivity contribution in [2.75, 3.05) is 6.54 Å². The number of carbonyl (C=O) groups excluding carboxylic acids is 4. The molecule has 38 heavy (non-hydrogen) atoms. The van der Waals surface area contributed by atoms with Crippen molar-refractivity contribution in [1.29, 1.82) is 0 Å². The number of pyridine rings is 1. The van der Waals surface area contributed by atoms with Crippen molar-refractivity contribution in [2.24, 2.45) is 11.8 Å². The Morgan fingerprint density at radius 3 is 2.53 bits per heavy atom. The average molecular weight is 524 g/mol. The van der Waals surface area contributed by atoms with Crippen LogP contribution in [0.1, 0.15) is 42.6 Å². The normalized spacial score (nSPS) is 17.2. The van der Waals surface area contributed by atoms with Crippen LogP contribution in [0.4, 0.5) is 4.39 Å². The Morgan fingerprint density at radius 2 is 1.92 bits per heavy atom. The van der Waals surface area contributed by atoms with E-state index in [0.717, 1.165) is 24.1 Å². The van der Waals surface area contributed by atoms with Crippen molar-refractivity contribution in [3.63, 3.8) is 0 Å². The standard InChI is InChI=1S/C28H34FN5O4/c1-17(2)25(34-27(37)21-12-22(29)15-30-14-21)28(38)33-24(11-19-7-5-4-6-8-19)18(3)32-23(16-35)13-20-9-10-31-26(20)36/h4-8,12,14-17,20,23-25,32H,3,9-11,13H2,1-2H3,(H,31,36)(H,33,38)(H,34,37)/t20?,23-,24-,25-/m0/s1. The first-order chi connectivity index (χ1) is 18.2. The van der Waals surface area contributed by atoms with Crippen LogP contribution in [0.15, 0.2) is 61.1 Å². The van der Waals surface area contributed by atoms with Crippen LogP contribution < -0.4 is 21.3 Å². The molecule has 10 heteroatoms. The van der Waals surface area contributed by atoms with Gasteiger partial charge in [-0.1, -0.05) is 50.8 Å². The SMILES string of the molecule is C=C(N[C@H](C=O)CC1CCNC1=O)[C@H](Cc1ccccc1)NC(=O)[C@@H](NC(=O)c1cncc(F)c1)C(C)C. The number of hydrogen-bond acceptors (Lipinski definition) is 6.